The van der Waals surface area contributed by atoms with Crippen LogP contribution in [-0.4, -0.2) is 26.9 Å². The van der Waals surface area contributed by atoms with Crippen LogP contribution >= 0.6 is 70.2 Å². The van der Waals surface area contributed by atoms with Gasteiger partial charge in [0.15, 0.2) is 5.11 Å². The molecule has 0 aliphatic heterocycles. The molecule has 0 unspecified atom stereocenters. The van der Waals surface area contributed by atoms with Gasteiger partial charge in [-0.1, -0.05) is 46.4 Å². The fourth-order valence-corrected chi connectivity index (χ4v) is 2.00. The summed E-state index contributed by atoms with van der Waals surface area (Å²) in [6, 6.07) is 6.82. The molecule has 116 valence electrons. The van der Waals surface area contributed by atoms with Crippen molar-refractivity contribution in [2.75, 3.05) is 11.2 Å². The number of halogens is 5. The number of hydrogen-bond donors (Lipinski definition) is 3. The zero-order chi connectivity index (χ0) is 16.0. The second-order valence-electron chi connectivity index (χ2n) is 3.78. The Morgan fingerprint density at radius 2 is 1.76 bits per heavy atom. The molecule has 1 rings (SSSR count). The number of benzene rings is 1. The molecule has 0 heterocycles. The summed E-state index contributed by atoms with van der Waals surface area (Å²) in [4.78, 5) is 11.3. The molecule has 0 aromatic heterocycles. The smallest absolute Gasteiger partial charge is 0.236 e. The first kappa shape index (κ1) is 18.9. The van der Waals surface area contributed by atoms with Gasteiger partial charge in [0.05, 0.1) is 0 Å². The summed E-state index contributed by atoms with van der Waals surface area (Å²) in [5.74, 6) is -0.772. The van der Waals surface area contributed by atoms with E-state index in [9.17, 15) is 4.79 Å². The van der Waals surface area contributed by atoms with Gasteiger partial charge in [0.2, 0.25) is 9.70 Å². The lowest BCUT2D eigenvalue weighted by Gasteiger charge is -2.27. The summed E-state index contributed by atoms with van der Waals surface area (Å²) in [5, 5.41) is 8.70. The Kier molecular flexibility index (Phi) is 7.60. The van der Waals surface area contributed by atoms with Crippen molar-refractivity contribution in [2.45, 2.75) is 9.96 Å². The van der Waals surface area contributed by atoms with Gasteiger partial charge in [-0.3, -0.25) is 4.79 Å². The van der Waals surface area contributed by atoms with E-state index in [2.05, 4.69) is 16.0 Å². The van der Waals surface area contributed by atoms with Crippen LogP contribution < -0.4 is 16.0 Å². The molecule has 0 aliphatic carbocycles. The van der Waals surface area contributed by atoms with Crippen LogP contribution in [0.3, 0.4) is 0 Å². The summed E-state index contributed by atoms with van der Waals surface area (Å²) in [6.45, 7) is 0. The van der Waals surface area contributed by atoms with Crippen molar-refractivity contribution >= 4 is 86.9 Å². The second kappa shape index (κ2) is 8.46. The lowest BCUT2D eigenvalue weighted by atomic mass is 10.3. The van der Waals surface area contributed by atoms with Crippen molar-refractivity contribution in [1.82, 2.24) is 10.6 Å². The van der Waals surface area contributed by atoms with E-state index in [1.807, 2.05) is 0 Å². The van der Waals surface area contributed by atoms with Gasteiger partial charge in [-0.15, -0.1) is 11.6 Å². The van der Waals surface area contributed by atoms with Crippen LogP contribution in [0.1, 0.15) is 0 Å². The summed E-state index contributed by atoms with van der Waals surface area (Å²) < 4.78 is -1.81. The maximum atomic E-state index is 11.3. The average Bonchev–Trinajstić information content (AvgIpc) is 2.39. The average molecular weight is 410 g/mol. The molecule has 0 aliphatic rings. The van der Waals surface area contributed by atoms with E-state index in [4.69, 9.17) is 70.2 Å². The molecule has 0 fully saturated rings. The van der Waals surface area contributed by atoms with Gasteiger partial charge in [-0.25, -0.2) is 0 Å². The highest BCUT2D eigenvalue weighted by atomic mass is 35.6. The third kappa shape index (κ3) is 7.08. The van der Waals surface area contributed by atoms with E-state index in [0.717, 1.165) is 0 Å². The molecule has 1 aromatic rings. The number of anilines is 1. The molecule has 0 bridgehead atoms. The van der Waals surface area contributed by atoms with Crippen molar-refractivity contribution in [1.29, 1.82) is 0 Å². The molecule has 0 saturated heterocycles. The zero-order valence-electron chi connectivity index (χ0n) is 10.3. The van der Waals surface area contributed by atoms with E-state index in [1.165, 1.54) is 0 Å². The maximum absolute atomic E-state index is 11.3. The molecular formula is C11H10Cl5N3OS. The predicted molar refractivity (Wildman–Crippen MR) is 93.7 cm³/mol. The van der Waals surface area contributed by atoms with Crippen molar-refractivity contribution < 1.29 is 4.79 Å². The van der Waals surface area contributed by atoms with Gasteiger partial charge in [0.25, 0.3) is 0 Å². The molecular weight excluding hydrogens is 399 g/mol. The molecule has 10 heteroatoms. The molecule has 4 nitrogen and oxygen atoms in total. The van der Waals surface area contributed by atoms with Crippen LogP contribution in [0.15, 0.2) is 24.3 Å². The van der Waals surface area contributed by atoms with Crippen LogP contribution in [0.5, 0.6) is 0 Å². The van der Waals surface area contributed by atoms with Crippen molar-refractivity contribution in [2.24, 2.45) is 0 Å². The Morgan fingerprint density at radius 1 is 1.19 bits per heavy atom. The fourth-order valence-electron chi connectivity index (χ4n) is 1.23. The van der Waals surface area contributed by atoms with Crippen LogP contribution in [0.4, 0.5) is 5.69 Å². The van der Waals surface area contributed by atoms with E-state index >= 15 is 0 Å². The van der Waals surface area contributed by atoms with Crippen LogP contribution in [0.2, 0.25) is 5.02 Å². The van der Waals surface area contributed by atoms with E-state index < -0.39 is 15.9 Å². The van der Waals surface area contributed by atoms with Crippen LogP contribution in [0.25, 0.3) is 0 Å². The number of nitrogens with one attached hydrogen (secondary N) is 3. The van der Waals surface area contributed by atoms with Crippen LogP contribution in [0, 0.1) is 0 Å². The predicted octanol–water partition coefficient (Wildman–Crippen LogP) is 3.68. The minimum Gasteiger partial charge on any atom is -0.339 e. The zero-order valence-corrected chi connectivity index (χ0v) is 14.9. The lowest BCUT2D eigenvalue weighted by Crippen LogP contribution is -2.56. The van der Waals surface area contributed by atoms with Gasteiger partial charge < -0.3 is 16.0 Å². The minimum atomic E-state index is -1.81. The summed E-state index contributed by atoms with van der Waals surface area (Å²) in [6.07, 6.45) is -1.04. The highest BCUT2D eigenvalue weighted by Gasteiger charge is 2.34. The molecule has 0 saturated carbocycles. The van der Waals surface area contributed by atoms with Gasteiger partial charge in [0.1, 0.15) is 12.0 Å². The first-order chi connectivity index (χ1) is 9.72. The molecule has 3 N–H and O–H groups in total. The normalized spacial score (nSPS) is 12.4. The first-order valence-corrected chi connectivity index (χ1v) is 7.93. The Morgan fingerprint density at radius 3 is 2.24 bits per heavy atom. The topological polar surface area (TPSA) is 53.2 Å². The van der Waals surface area contributed by atoms with Gasteiger partial charge in [-0.05, 0) is 36.5 Å². The second-order valence-corrected chi connectivity index (χ2v) is 7.26. The molecule has 21 heavy (non-hydrogen) atoms. The SMILES string of the molecule is O=C(CCl)N[C@H](NC(=S)Nc1ccc(Cl)cc1)C(Cl)(Cl)Cl. The number of carbonyl (C=O) groups excluding carboxylic acids is 1. The Labute approximate surface area is 152 Å². The van der Waals surface area contributed by atoms with Crippen molar-refractivity contribution in [3.63, 3.8) is 0 Å². The highest BCUT2D eigenvalue weighted by Crippen LogP contribution is 2.29. The number of hydrogen-bond acceptors (Lipinski definition) is 2. The number of carbonyl (C=O) groups is 1. The van der Waals surface area contributed by atoms with E-state index in [0.29, 0.717) is 10.7 Å². The minimum absolute atomic E-state index is 0.156. The number of alkyl halides is 4. The third-order valence-corrected chi connectivity index (χ3v) is 3.50. The molecule has 1 aromatic carbocycles. The van der Waals surface area contributed by atoms with Gasteiger partial charge in [-0.2, -0.15) is 0 Å². The monoisotopic (exact) mass is 407 g/mol. The van der Waals surface area contributed by atoms with Crippen molar-refractivity contribution in [3.8, 4) is 0 Å². The quantitative estimate of drug-likeness (QED) is 0.403. The van der Waals surface area contributed by atoms with Crippen molar-refractivity contribution in [3.05, 3.63) is 29.3 Å². The largest absolute Gasteiger partial charge is 0.339 e. The molecule has 1 amide bonds. The maximum Gasteiger partial charge on any atom is 0.236 e. The van der Waals surface area contributed by atoms with E-state index in [1.54, 1.807) is 24.3 Å². The summed E-state index contributed by atoms with van der Waals surface area (Å²) in [7, 11) is 0. The Balaban J connectivity index is 2.67. The third-order valence-electron chi connectivity index (χ3n) is 2.13. The fraction of sp³-hybridized carbons (Fsp3) is 0.273. The van der Waals surface area contributed by atoms with Gasteiger partial charge in [0, 0.05) is 10.7 Å². The first-order valence-electron chi connectivity index (χ1n) is 5.47. The summed E-state index contributed by atoms with van der Waals surface area (Å²) >= 11 is 33.6. The van der Waals surface area contributed by atoms with E-state index in [-0.39, 0.29) is 11.0 Å². The Hall–Kier alpha value is -0.170. The Bertz CT molecular complexity index is 506. The lowest BCUT2D eigenvalue weighted by molar-refractivity contribution is -0.119. The molecule has 0 spiro atoms. The standard InChI is InChI=1S/C11H10Cl5N3OS/c12-5-8(20)18-9(11(14,15)16)19-10(21)17-7-3-1-6(13)2-4-7/h1-4,9H,5H2,(H,18,20)(H2,17,19,21)/t9-/m1/s1. The highest BCUT2D eigenvalue weighted by molar-refractivity contribution is 7.80. The summed E-state index contributed by atoms with van der Waals surface area (Å²) in [5.41, 5.74) is 0.684. The number of rotatable bonds is 4. The van der Waals surface area contributed by atoms with Crippen LogP contribution in [-0.2, 0) is 4.79 Å². The van der Waals surface area contributed by atoms with Gasteiger partial charge >= 0.3 is 0 Å². The molecule has 0 radical (unpaired) electrons. The number of amides is 1. The molecule has 1 atom stereocenters. The number of thiocarbonyl (C=S) groups is 1.